The van der Waals surface area contributed by atoms with Crippen molar-refractivity contribution in [3.05, 3.63) is 0 Å². The lowest BCUT2D eigenvalue weighted by molar-refractivity contribution is -0.126. The average molecular weight is 374 g/mol. The Kier molecular flexibility index (Phi) is 12.9. The summed E-state index contributed by atoms with van der Waals surface area (Å²) in [6.45, 7) is 17.8. The molecule has 1 fully saturated rings. The average Bonchev–Trinajstić information content (AvgIpc) is 2.60. The van der Waals surface area contributed by atoms with E-state index in [4.69, 9.17) is 14.2 Å². The Bertz CT molecular complexity index is 359. The van der Waals surface area contributed by atoms with E-state index in [9.17, 15) is 4.79 Å². The molecule has 0 aliphatic carbocycles. The van der Waals surface area contributed by atoms with Crippen LogP contribution in [0.4, 0.5) is 0 Å². The van der Waals surface area contributed by atoms with Crippen molar-refractivity contribution in [1.29, 1.82) is 0 Å². The molecule has 1 saturated heterocycles. The molecule has 1 amide bonds. The molecular formula is C19H39N3O4. The largest absolute Gasteiger partial charge is 0.378 e. The predicted octanol–water partition coefficient (Wildman–Crippen LogP) is 0.834. The monoisotopic (exact) mass is 373 g/mol. The number of carbonyl (C=O) groups excluding carboxylic acids is 1. The molecule has 0 atom stereocenters. The highest BCUT2D eigenvalue weighted by Gasteiger charge is 2.16. The fourth-order valence-electron chi connectivity index (χ4n) is 2.60. The molecule has 7 nitrogen and oxygen atoms in total. The van der Waals surface area contributed by atoms with Gasteiger partial charge in [-0.2, -0.15) is 0 Å². The minimum Gasteiger partial charge on any atom is -0.378 e. The zero-order chi connectivity index (χ0) is 19.2. The Morgan fingerprint density at radius 1 is 0.885 bits per heavy atom. The van der Waals surface area contributed by atoms with Gasteiger partial charge in [0.2, 0.25) is 5.91 Å². The van der Waals surface area contributed by atoms with E-state index in [2.05, 4.69) is 29.0 Å². The lowest BCUT2D eigenvalue weighted by atomic mass is 10.2. The van der Waals surface area contributed by atoms with Gasteiger partial charge in [0.05, 0.1) is 32.5 Å². The number of amides is 1. The molecule has 1 rings (SSSR count). The summed E-state index contributed by atoms with van der Waals surface area (Å²) < 4.78 is 16.5. The van der Waals surface area contributed by atoms with E-state index in [-0.39, 0.29) is 18.6 Å². The number of hydrogen-bond acceptors (Lipinski definition) is 6. The van der Waals surface area contributed by atoms with E-state index >= 15 is 0 Å². The molecule has 1 aliphatic rings. The Labute approximate surface area is 159 Å². The van der Waals surface area contributed by atoms with Crippen molar-refractivity contribution in [3.63, 3.8) is 0 Å². The molecule has 0 aromatic rings. The number of piperazine rings is 1. The van der Waals surface area contributed by atoms with Crippen LogP contribution >= 0.6 is 0 Å². The first-order valence-electron chi connectivity index (χ1n) is 9.96. The number of nitrogens with one attached hydrogen (secondary N) is 1. The van der Waals surface area contributed by atoms with Gasteiger partial charge in [-0.25, -0.2) is 0 Å². The maximum atomic E-state index is 11.6. The van der Waals surface area contributed by atoms with Crippen molar-refractivity contribution in [3.8, 4) is 0 Å². The third kappa shape index (κ3) is 12.6. The molecule has 0 spiro atoms. The Morgan fingerprint density at radius 2 is 1.46 bits per heavy atom. The summed E-state index contributed by atoms with van der Waals surface area (Å²) in [4.78, 5) is 16.4. The minimum atomic E-state index is -0.0256. The van der Waals surface area contributed by atoms with E-state index in [1.165, 1.54) is 0 Å². The molecular weight excluding hydrogens is 334 g/mol. The summed E-state index contributed by atoms with van der Waals surface area (Å²) in [5, 5.41) is 2.86. The van der Waals surface area contributed by atoms with E-state index in [0.29, 0.717) is 32.3 Å². The van der Waals surface area contributed by atoms with Crippen LogP contribution < -0.4 is 5.32 Å². The van der Waals surface area contributed by atoms with Crippen LogP contribution in [0.3, 0.4) is 0 Å². The van der Waals surface area contributed by atoms with Gasteiger partial charge in [-0.15, -0.1) is 0 Å². The lowest BCUT2D eigenvalue weighted by Crippen LogP contribution is -2.48. The number of ether oxygens (including phenoxy) is 3. The quantitative estimate of drug-likeness (QED) is 0.455. The van der Waals surface area contributed by atoms with E-state index < -0.39 is 0 Å². The number of nitrogens with zero attached hydrogens (tertiary/aromatic N) is 2. The van der Waals surface area contributed by atoms with Gasteiger partial charge in [0.1, 0.15) is 6.61 Å². The van der Waals surface area contributed by atoms with Crippen LogP contribution in [0.2, 0.25) is 0 Å². The van der Waals surface area contributed by atoms with Crippen molar-refractivity contribution in [2.75, 3.05) is 78.8 Å². The maximum absolute atomic E-state index is 11.6. The Balaban J connectivity index is 1.94. The van der Waals surface area contributed by atoms with Crippen molar-refractivity contribution >= 4 is 5.91 Å². The minimum absolute atomic E-state index is 0.0256. The van der Waals surface area contributed by atoms with Gasteiger partial charge in [-0.3, -0.25) is 14.6 Å². The van der Waals surface area contributed by atoms with E-state index in [0.717, 1.165) is 45.9 Å². The van der Waals surface area contributed by atoms with Gasteiger partial charge >= 0.3 is 0 Å². The van der Waals surface area contributed by atoms with Crippen molar-refractivity contribution in [2.24, 2.45) is 5.92 Å². The number of carbonyl (C=O) groups is 1. The first-order chi connectivity index (χ1) is 12.5. The fraction of sp³-hybridized carbons (Fsp3) is 0.947. The zero-order valence-corrected chi connectivity index (χ0v) is 17.2. The van der Waals surface area contributed by atoms with Gasteiger partial charge in [-0.1, -0.05) is 13.8 Å². The second kappa shape index (κ2) is 14.3. The van der Waals surface area contributed by atoms with Crippen LogP contribution in [-0.2, 0) is 19.0 Å². The SMILES string of the molecule is CC(C)CNC(=O)COCCN1CCN(CCOCCOC(C)C)CC1. The molecule has 1 aliphatic heterocycles. The summed E-state index contributed by atoms with van der Waals surface area (Å²) in [7, 11) is 0. The molecule has 154 valence electrons. The highest BCUT2D eigenvalue weighted by atomic mass is 16.5. The predicted molar refractivity (Wildman–Crippen MR) is 103 cm³/mol. The van der Waals surface area contributed by atoms with Gasteiger partial charge in [0.15, 0.2) is 0 Å². The Hall–Kier alpha value is -0.730. The first-order valence-corrected chi connectivity index (χ1v) is 9.96. The number of rotatable bonds is 14. The van der Waals surface area contributed by atoms with Gasteiger partial charge < -0.3 is 19.5 Å². The Morgan fingerprint density at radius 3 is 2.00 bits per heavy atom. The normalized spacial score (nSPS) is 16.5. The van der Waals surface area contributed by atoms with Crippen LogP contribution in [0.15, 0.2) is 0 Å². The second-order valence-electron chi connectivity index (χ2n) is 7.47. The fourth-order valence-corrected chi connectivity index (χ4v) is 2.60. The molecule has 1 N–H and O–H groups in total. The van der Waals surface area contributed by atoms with Gasteiger partial charge in [0.25, 0.3) is 0 Å². The highest BCUT2D eigenvalue weighted by molar-refractivity contribution is 5.77. The lowest BCUT2D eigenvalue weighted by Gasteiger charge is -2.34. The summed E-state index contributed by atoms with van der Waals surface area (Å²) in [6.07, 6.45) is 0.269. The maximum Gasteiger partial charge on any atom is 0.246 e. The standard InChI is InChI=1S/C19H39N3O4/c1-17(2)15-20-19(23)16-25-12-10-22-7-5-21(6-8-22)9-11-24-13-14-26-18(3)4/h17-18H,5-16H2,1-4H3,(H,20,23). The van der Waals surface area contributed by atoms with Crippen molar-refractivity contribution in [1.82, 2.24) is 15.1 Å². The van der Waals surface area contributed by atoms with Crippen LogP contribution in [-0.4, -0.2) is 101 Å². The van der Waals surface area contributed by atoms with Gasteiger partial charge in [-0.05, 0) is 19.8 Å². The van der Waals surface area contributed by atoms with E-state index in [1.807, 2.05) is 13.8 Å². The molecule has 1 heterocycles. The summed E-state index contributed by atoms with van der Waals surface area (Å²) in [5.41, 5.74) is 0. The second-order valence-corrected chi connectivity index (χ2v) is 7.47. The topological polar surface area (TPSA) is 63.3 Å². The van der Waals surface area contributed by atoms with Gasteiger partial charge in [0, 0.05) is 45.8 Å². The summed E-state index contributed by atoms with van der Waals surface area (Å²) in [6, 6.07) is 0. The smallest absolute Gasteiger partial charge is 0.246 e. The molecule has 0 aromatic carbocycles. The third-order valence-electron chi connectivity index (χ3n) is 4.19. The van der Waals surface area contributed by atoms with Crippen LogP contribution in [0, 0.1) is 5.92 Å². The summed E-state index contributed by atoms with van der Waals surface area (Å²) in [5.74, 6) is 0.441. The molecule has 7 heteroatoms. The van der Waals surface area contributed by atoms with Crippen molar-refractivity contribution in [2.45, 2.75) is 33.8 Å². The molecule has 0 saturated carbocycles. The molecule has 0 bridgehead atoms. The third-order valence-corrected chi connectivity index (χ3v) is 4.19. The van der Waals surface area contributed by atoms with Crippen molar-refractivity contribution < 1.29 is 19.0 Å². The van der Waals surface area contributed by atoms with Crippen LogP contribution in [0.1, 0.15) is 27.7 Å². The molecule has 0 unspecified atom stereocenters. The highest BCUT2D eigenvalue weighted by Crippen LogP contribution is 2.01. The number of hydrogen-bond donors (Lipinski definition) is 1. The first kappa shape index (κ1) is 23.3. The molecule has 26 heavy (non-hydrogen) atoms. The zero-order valence-electron chi connectivity index (χ0n) is 17.2. The van der Waals surface area contributed by atoms with E-state index in [1.54, 1.807) is 0 Å². The van der Waals surface area contributed by atoms with Crippen LogP contribution in [0.5, 0.6) is 0 Å². The van der Waals surface area contributed by atoms with Crippen LogP contribution in [0.25, 0.3) is 0 Å². The summed E-state index contributed by atoms with van der Waals surface area (Å²) >= 11 is 0. The molecule has 0 aromatic heterocycles. The molecule has 0 radical (unpaired) electrons.